The van der Waals surface area contributed by atoms with Crippen molar-refractivity contribution < 1.29 is 23.9 Å². The summed E-state index contributed by atoms with van der Waals surface area (Å²) in [6, 6.07) is 6.48. The van der Waals surface area contributed by atoms with Gasteiger partial charge < -0.3 is 17.1 Å². The summed E-state index contributed by atoms with van der Waals surface area (Å²) in [7, 11) is 0. The summed E-state index contributed by atoms with van der Waals surface area (Å²) in [6.45, 7) is 6.19. The van der Waals surface area contributed by atoms with E-state index in [1.54, 1.807) is 6.07 Å². The average Bonchev–Trinajstić information content (AvgIpc) is 3.18. The standard InChI is InChI=1S/C25H30FN6.Rh/c1-15(2)28-22-13-18-11-17(12-21(26)24(18)29-16(22)3)20-9-10-32-23(20)14-27-25(31-32)30-19-7-5-4-6-8-19;/h4,9-12,14-15,19,22,28H,5-8,13H2,1-3H3,(H,30,31);/q-1;/t22-;/m0./s1. The third-order valence-corrected chi connectivity index (χ3v) is 6.39. The van der Waals surface area contributed by atoms with Crippen molar-refractivity contribution in [1.82, 2.24) is 19.9 Å². The Hall–Kier alpha value is -2.18. The molecule has 0 saturated heterocycles. The molecule has 0 amide bonds. The van der Waals surface area contributed by atoms with Gasteiger partial charge in [0.1, 0.15) is 11.5 Å². The zero-order chi connectivity index (χ0) is 22.2. The first kappa shape index (κ1) is 24.0. The van der Waals surface area contributed by atoms with E-state index in [1.165, 1.54) is 0 Å². The van der Waals surface area contributed by atoms with Crippen molar-refractivity contribution in [2.75, 3.05) is 5.32 Å². The van der Waals surface area contributed by atoms with E-state index in [9.17, 15) is 0 Å². The van der Waals surface area contributed by atoms with Crippen LogP contribution in [0.1, 0.15) is 52.0 Å². The van der Waals surface area contributed by atoms with Crippen LogP contribution in [-0.2, 0) is 25.9 Å². The molecule has 1 saturated carbocycles. The molecule has 3 aromatic rings. The fraction of sp³-hybridized carbons (Fsp3) is 0.440. The van der Waals surface area contributed by atoms with E-state index < -0.39 is 0 Å². The Labute approximate surface area is 207 Å². The molecule has 1 aliphatic carbocycles. The molecule has 3 heterocycles. The van der Waals surface area contributed by atoms with Gasteiger partial charge >= 0.3 is 0 Å². The van der Waals surface area contributed by atoms with Gasteiger partial charge in [-0.15, -0.1) is 5.10 Å². The number of hydrogen-bond donors (Lipinski definition) is 2. The largest absolute Gasteiger partial charge is 0.350 e. The average molecular weight is 536 g/mol. The molecule has 6 nitrogen and oxygen atoms in total. The predicted octanol–water partition coefficient (Wildman–Crippen LogP) is 5.11. The van der Waals surface area contributed by atoms with E-state index in [-0.39, 0.29) is 31.3 Å². The third-order valence-electron chi connectivity index (χ3n) is 6.39. The first-order chi connectivity index (χ1) is 15.5. The minimum Gasteiger partial charge on any atom is -0.350 e. The zero-order valence-corrected chi connectivity index (χ0v) is 20.9. The molecule has 1 aliphatic heterocycles. The minimum atomic E-state index is -0.285. The van der Waals surface area contributed by atoms with Crippen LogP contribution in [0.15, 0.2) is 35.6 Å². The molecule has 1 radical (unpaired) electrons. The van der Waals surface area contributed by atoms with Gasteiger partial charge in [0, 0.05) is 55.1 Å². The SMILES string of the molecule is CC1=Nc2c(F)cc(-c3ccn4nc(NC5CC[CH-]CC5)ncc34)cc2C[C@@H]1NC(C)C.[Rh]. The van der Waals surface area contributed by atoms with Gasteiger partial charge in [-0.2, -0.15) is 12.8 Å². The van der Waals surface area contributed by atoms with Crippen molar-refractivity contribution >= 4 is 22.9 Å². The second-order valence-electron chi connectivity index (χ2n) is 9.22. The summed E-state index contributed by atoms with van der Waals surface area (Å²) in [4.78, 5) is 9.12. The van der Waals surface area contributed by atoms with Crippen LogP contribution in [0.5, 0.6) is 0 Å². The first-order valence-electron chi connectivity index (χ1n) is 11.5. The van der Waals surface area contributed by atoms with Gasteiger partial charge in [-0.3, -0.25) is 4.99 Å². The third kappa shape index (κ3) is 5.02. The van der Waals surface area contributed by atoms with Crippen molar-refractivity contribution in [1.29, 1.82) is 0 Å². The molecule has 1 fully saturated rings. The number of rotatable bonds is 5. The van der Waals surface area contributed by atoms with Crippen molar-refractivity contribution in [3.8, 4) is 11.1 Å². The van der Waals surface area contributed by atoms with Crippen LogP contribution in [0.25, 0.3) is 16.6 Å². The molecule has 1 atom stereocenters. The van der Waals surface area contributed by atoms with E-state index in [0.29, 0.717) is 23.7 Å². The number of halogens is 1. The molecular weight excluding hydrogens is 506 g/mol. The van der Waals surface area contributed by atoms with Gasteiger partial charge in [0.2, 0.25) is 5.95 Å². The number of nitrogens with one attached hydrogen (secondary N) is 2. The fourth-order valence-corrected chi connectivity index (χ4v) is 4.76. The van der Waals surface area contributed by atoms with Crippen LogP contribution in [0.2, 0.25) is 0 Å². The van der Waals surface area contributed by atoms with Crippen LogP contribution in [0, 0.1) is 12.2 Å². The van der Waals surface area contributed by atoms with Gasteiger partial charge in [-0.25, -0.2) is 13.9 Å². The van der Waals surface area contributed by atoms with E-state index >= 15 is 4.39 Å². The molecule has 33 heavy (non-hydrogen) atoms. The Morgan fingerprint density at radius 2 is 2.00 bits per heavy atom. The second kappa shape index (κ2) is 9.98. The Bertz CT molecular complexity index is 1170. The maximum absolute atomic E-state index is 15.0. The second-order valence-corrected chi connectivity index (χ2v) is 9.22. The topological polar surface area (TPSA) is 66.6 Å². The molecule has 2 N–H and O–H groups in total. The number of benzene rings is 1. The van der Waals surface area contributed by atoms with Crippen LogP contribution in [-0.4, -0.2) is 38.4 Å². The summed E-state index contributed by atoms with van der Waals surface area (Å²) >= 11 is 0. The number of fused-ring (bicyclic) bond motifs is 2. The summed E-state index contributed by atoms with van der Waals surface area (Å²) in [6.07, 6.45) is 11.3. The molecule has 2 aromatic heterocycles. The molecule has 1 aromatic carbocycles. The normalized spacial score (nSPS) is 18.7. The molecular formula is C25H30FN6Rh-. The minimum absolute atomic E-state index is 0. The Morgan fingerprint density at radius 1 is 1.21 bits per heavy atom. The van der Waals surface area contributed by atoms with Gasteiger partial charge in [-0.1, -0.05) is 26.7 Å². The molecule has 0 spiro atoms. The zero-order valence-electron chi connectivity index (χ0n) is 19.2. The molecule has 0 unspecified atom stereocenters. The molecule has 8 heteroatoms. The van der Waals surface area contributed by atoms with E-state index in [1.807, 2.05) is 29.9 Å². The smallest absolute Gasteiger partial charge is 0.241 e. The number of nitrogens with zero attached hydrogens (tertiary/aromatic N) is 4. The van der Waals surface area contributed by atoms with E-state index in [2.05, 4.69) is 52.0 Å². The number of aromatic nitrogens is 3. The summed E-state index contributed by atoms with van der Waals surface area (Å²) in [5.74, 6) is 0.350. The molecule has 177 valence electrons. The first-order valence-corrected chi connectivity index (χ1v) is 11.5. The van der Waals surface area contributed by atoms with Crippen molar-refractivity contribution in [3.63, 3.8) is 0 Å². The van der Waals surface area contributed by atoms with Crippen LogP contribution in [0.4, 0.5) is 16.0 Å². The maximum atomic E-state index is 15.0. The van der Waals surface area contributed by atoms with Crippen LogP contribution < -0.4 is 10.6 Å². The predicted molar refractivity (Wildman–Crippen MR) is 127 cm³/mol. The molecule has 2 aliphatic rings. The quantitative estimate of drug-likeness (QED) is 0.352. The van der Waals surface area contributed by atoms with Gasteiger partial charge in [-0.05, 0) is 42.7 Å². The van der Waals surface area contributed by atoms with E-state index in [4.69, 9.17) is 0 Å². The van der Waals surface area contributed by atoms with Gasteiger partial charge in [0.05, 0.1) is 11.7 Å². The summed E-state index contributed by atoms with van der Waals surface area (Å²) in [5, 5.41) is 11.6. The van der Waals surface area contributed by atoms with Gasteiger partial charge in [0.25, 0.3) is 0 Å². The van der Waals surface area contributed by atoms with Crippen LogP contribution >= 0.6 is 0 Å². The summed E-state index contributed by atoms with van der Waals surface area (Å²) < 4.78 is 16.9. The molecule has 0 bridgehead atoms. The Balaban J connectivity index is 0.00000259. The van der Waals surface area contributed by atoms with Crippen LogP contribution in [0.3, 0.4) is 0 Å². The molecule has 5 rings (SSSR count). The maximum Gasteiger partial charge on any atom is 0.241 e. The Kier molecular flexibility index (Phi) is 7.25. The monoisotopic (exact) mass is 536 g/mol. The number of aliphatic imine (C=N–C) groups is 1. The van der Waals surface area contributed by atoms with E-state index in [0.717, 1.165) is 60.0 Å². The number of hydrogen-bond acceptors (Lipinski definition) is 5. The van der Waals surface area contributed by atoms with Gasteiger partial charge in [0.15, 0.2) is 0 Å². The Morgan fingerprint density at radius 3 is 2.76 bits per heavy atom. The number of anilines is 1. The fourth-order valence-electron chi connectivity index (χ4n) is 4.76. The van der Waals surface area contributed by atoms with Crippen molar-refractivity contribution in [3.05, 3.63) is 48.4 Å². The van der Waals surface area contributed by atoms with Crippen molar-refractivity contribution in [2.24, 2.45) is 4.99 Å². The summed E-state index contributed by atoms with van der Waals surface area (Å²) in [5.41, 5.74) is 4.93. The van der Waals surface area contributed by atoms with Crippen molar-refractivity contribution in [2.45, 2.75) is 71.0 Å².